The second kappa shape index (κ2) is 4.95. The fourth-order valence-electron chi connectivity index (χ4n) is 1.46. The fraction of sp³-hybridized carbons (Fsp3) is 0.182. The van der Waals surface area contributed by atoms with Crippen LogP contribution in [0.2, 0.25) is 0 Å². The maximum absolute atomic E-state index is 10.1. The van der Waals surface area contributed by atoms with Crippen molar-refractivity contribution in [3.05, 3.63) is 44.8 Å². The normalized spacial score (nSPS) is 12.6. The largest absolute Gasteiger partial charge is 0.398 e. The molecule has 1 aromatic heterocycles. The first-order chi connectivity index (χ1) is 7.66. The number of halogens is 1. The number of nitrogen functional groups attached to an aromatic ring is 1. The van der Waals surface area contributed by atoms with Crippen LogP contribution in [0, 0.1) is 0 Å². The summed E-state index contributed by atoms with van der Waals surface area (Å²) < 4.78 is 0.912. The molecule has 0 saturated heterocycles. The Bertz CT molecular complexity index is 473. The minimum absolute atomic E-state index is 0.498. The molecular formula is C11H11BrN2OS. The minimum Gasteiger partial charge on any atom is -0.398 e. The average molecular weight is 299 g/mol. The summed E-state index contributed by atoms with van der Waals surface area (Å²) in [7, 11) is 0. The highest BCUT2D eigenvalue weighted by molar-refractivity contribution is 9.10. The van der Waals surface area contributed by atoms with Gasteiger partial charge in [0.15, 0.2) is 0 Å². The summed E-state index contributed by atoms with van der Waals surface area (Å²) in [6.07, 6.45) is 1.62. The van der Waals surface area contributed by atoms with Crippen LogP contribution >= 0.6 is 27.3 Å². The van der Waals surface area contributed by atoms with E-state index in [4.69, 9.17) is 5.73 Å². The number of hydrogen-bond acceptors (Lipinski definition) is 4. The number of aliphatic hydroxyl groups is 1. The van der Waals surface area contributed by atoms with Gasteiger partial charge in [-0.3, -0.25) is 0 Å². The van der Waals surface area contributed by atoms with Gasteiger partial charge in [-0.05, 0) is 18.2 Å². The van der Waals surface area contributed by atoms with E-state index in [9.17, 15) is 5.11 Å². The molecule has 1 atom stereocenters. The molecule has 0 bridgehead atoms. The van der Waals surface area contributed by atoms with Gasteiger partial charge in [-0.2, -0.15) is 0 Å². The SMILES string of the molecule is Nc1ccc(Br)cc1C(O)Cc1nccs1. The molecule has 0 spiro atoms. The van der Waals surface area contributed by atoms with E-state index in [-0.39, 0.29) is 0 Å². The van der Waals surface area contributed by atoms with E-state index < -0.39 is 6.10 Å². The van der Waals surface area contributed by atoms with Gasteiger partial charge < -0.3 is 10.8 Å². The molecule has 0 saturated carbocycles. The third-order valence-corrected chi connectivity index (χ3v) is 3.55. The van der Waals surface area contributed by atoms with Crippen LogP contribution in [0.4, 0.5) is 5.69 Å². The average Bonchev–Trinajstić information content (AvgIpc) is 2.74. The van der Waals surface area contributed by atoms with E-state index in [1.165, 1.54) is 11.3 Å². The van der Waals surface area contributed by atoms with Crippen LogP contribution in [-0.4, -0.2) is 10.1 Å². The van der Waals surface area contributed by atoms with Crippen molar-refractivity contribution in [1.29, 1.82) is 0 Å². The molecule has 0 amide bonds. The highest BCUT2D eigenvalue weighted by Gasteiger charge is 2.13. The number of nitrogens with two attached hydrogens (primary N) is 1. The van der Waals surface area contributed by atoms with Gasteiger partial charge in [0.25, 0.3) is 0 Å². The Morgan fingerprint density at radius 3 is 3.00 bits per heavy atom. The Balaban J connectivity index is 2.20. The number of nitrogens with zero attached hydrogens (tertiary/aromatic N) is 1. The lowest BCUT2D eigenvalue weighted by atomic mass is 10.1. The molecule has 0 aliphatic rings. The number of thiazole rings is 1. The fourth-order valence-corrected chi connectivity index (χ4v) is 2.50. The Kier molecular flexibility index (Phi) is 3.58. The molecule has 1 unspecified atom stereocenters. The van der Waals surface area contributed by atoms with Crippen molar-refractivity contribution >= 4 is 33.0 Å². The van der Waals surface area contributed by atoms with E-state index in [0.29, 0.717) is 12.1 Å². The quantitative estimate of drug-likeness (QED) is 0.857. The molecule has 16 heavy (non-hydrogen) atoms. The van der Waals surface area contributed by atoms with Crippen molar-refractivity contribution < 1.29 is 5.11 Å². The van der Waals surface area contributed by atoms with Crippen LogP contribution in [0.15, 0.2) is 34.2 Å². The van der Waals surface area contributed by atoms with Crippen molar-refractivity contribution in [1.82, 2.24) is 4.98 Å². The van der Waals surface area contributed by atoms with Crippen molar-refractivity contribution in [3.63, 3.8) is 0 Å². The van der Waals surface area contributed by atoms with Gasteiger partial charge in [0.2, 0.25) is 0 Å². The Hall–Kier alpha value is -0.910. The lowest BCUT2D eigenvalue weighted by molar-refractivity contribution is 0.179. The highest BCUT2D eigenvalue weighted by atomic mass is 79.9. The van der Waals surface area contributed by atoms with Crippen molar-refractivity contribution in [2.75, 3.05) is 5.73 Å². The van der Waals surface area contributed by atoms with Crippen LogP contribution in [0.1, 0.15) is 16.7 Å². The van der Waals surface area contributed by atoms with E-state index in [2.05, 4.69) is 20.9 Å². The van der Waals surface area contributed by atoms with Crippen LogP contribution < -0.4 is 5.73 Å². The molecule has 0 aliphatic carbocycles. The number of hydrogen-bond donors (Lipinski definition) is 2. The van der Waals surface area contributed by atoms with Gasteiger partial charge in [-0.25, -0.2) is 4.98 Å². The second-order valence-electron chi connectivity index (χ2n) is 3.42. The van der Waals surface area contributed by atoms with Crippen LogP contribution in [0.25, 0.3) is 0 Å². The van der Waals surface area contributed by atoms with E-state index in [1.807, 2.05) is 17.5 Å². The standard InChI is InChI=1S/C11H11BrN2OS/c12-7-1-2-9(13)8(5-7)10(15)6-11-14-3-4-16-11/h1-5,10,15H,6,13H2. The molecule has 3 N–H and O–H groups in total. The summed E-state index contributed by atoms with van der Waals surface area (Å²) in [6.45, 7) is 0. The first-order valence-electron chi connectivity index (χ1n) is 4.78. The molecule has 2 aromatic rings. The summed E-state index contributed by atoms with van der Waals surface area (Å²) in [5.74, 6) is 0. The van der Waals surface area contributed by atoms with E-state index in [1.54, 1.807) is 12.3 Å². The van der Waals surface area contributed by atoms with E-state index in [0.717, 1.165) is 15.0 Å². The summed E-state index contributed by atoms with van der Waals surface area (Å²) in [6, 6.07) is 5.48. The monoisotopic (exact) mass is 298 g/mol. The molecule has 1 heterocycles. The molecule has 1 aromatic carbocycles. The Labute approximate surface area is 106 Å². The van der Waals surface area contributed by atoms with Crippen LogP contribution in [0.5, 0.6) is 0 Å². The minimum atomic E-state index is -0.608. The molecule has 2 rings (SSSR count). The van der Waals surface area contributed by atoms with Gasteiger partial charge in [0.05, 0.1) is 11.1 Å². The third-order valence-electron chi connectivity index (χ3n) is 2.26. The topological polar surface area (TPSA) is 59.1 Å². The second-order valence-corrected chi connectivity index (χ2v) is 5.31. The zero-order valence-electron chi connectivity index (χ0n) is 8.43. The van der Waals surface area contributed by atoms with Crippen LogP contribution in [-0.2, 0) is 6.42 Å². The van der Waals surface area contributed by atoms with Gasteiger partial charge in [-0.1, -0.05) is 15.9 Å². The molecule has 5 heteroatoms. The lowest BCUT2D eigenvalue weighted by Crippen LogP contribution is -2.05. The van der Waals surface area contributed by atoms with Crippen molar-refractivity contribution in [3.8, 4) is 0 Å². The van der Waals surface area contributed by atoms with Crippen LogP contribution in [0.3, 0.4) is 0 Å². The summed E-state index contributed by atoms with van der Waals surface area (Å²) in [5.41, 5.74) is 7.17. The number of aromatic nitrogens is 1. The molecule has 0 aliphatic heterocycles. The van der Waals surface area contributed by atoms with Gasteiger partial charge in [-0.15, -0.1) is 11.3 Å². The maximum atomic E-state index is 10.1. The van der Waals surface area contributed by atoms with Gasteiger partial charge in [0.1, 0.15) is 0 Å². The first kappa shape index (κ1) is 11.6. The number of benzene rings is 1. The maximum Gasteiger partial charge on any atom is 0.0954 e. The molecular weight excluding hydrogens is 288 g/mol. The van der Waals surface area contributed by atoms with Gasteiger partial charge in [0, 0.05) is 33.7 Å². The molecule has 84 valence electrons. The summed E-state index contributed by atoms with van der Waals surface area (Å²) in [5, 5.41) is 12.9. The number of aliphatic hydroxyl groups excluding tert-OH is 1. The highest BCUT2D eigenvalue weighted by Crippen LogP contribution is 2.27. The van der Waals surface area contributed by atoms with E-state index >= 15 is 0 Å². The lowest BCUT2D eigenvalue weighted by Gasteiger charge is -2.12. The smallest absolute Gasteiger partial charge is 0.0954 e. The Morgan fingerprint density at radius 2 is 2.31 bits per heavy atom. The number of rotatable bonds is 3. The zero-order chi connectivity index (χ0) is 11.5. The Morgan fingerprint density at radius 1 is 1.50 bits per heavy atom. The molecule has 0 fully saturated rings. The zero-order valence-corrected chi connectivity index (χ0v) is 10.8. The third kappa shape index (κ3) is 2.61. The summed E-state index contributed by atoms with van der Waals surface area (Å²) in [4.78, 5) is 4.14. The van der Waals surface area contributed by atoms with Crippen molar-refractivity contribution in [2.24, 2.45) is 0 Å². The van der Waals surface area contributed by atoms with Crippen molar-refractivity contribution in [2.45, 2.75) is 12.5 Å². The molecule has 3 nitrogen and oxygen atoms in total. The molecule has 0 radical (unpaired) electrons. The first-order valence-corrected chi connectivity index (χ1v) is 6.45. The predicted molar refractivity (Wildman–Crippen MR) is 69.3 cm³/mol. The van der Waals surface area contributed by atoms with Gasteiger partial charge >= 0.3 is 0 Å². The number of anilines is 1. The predicted octanol–water partition coefficient (Wildman–Crippen LogP) is 2.76. The summed E-state index contributed by atoms with van der Waals surface area (Å²) >= 11 is 4.90.